The van der Waals surface area contributed by atoms with Gasteiger partial charge in [-0.25, -0.2) is 0 Å². The van der Waals surface area contributed by atoms with Crippen LogP contribution in [0.25, 0.3) is 0 Å². The van der Waals surface area contributed by atoms with Gasteiger partial charge in [0.1, 0.15) is 0 Å². The van der Waals surface area contributed by atoms with Crippen LogP contribution in [-0.4, -0.2) is 20.0 Å². The first-order valence-corrected chi connectivity index (χ1v) is 12.3. The predicted octanol–water partition coefficient (Wildman–Crippen LogP) is 7.50. The van der Waals surface area contributed by atoms with E-state index in [1.807, 2.05) is 0 Å². The molecule has 3 rings (SSSR count). The van der Waals surface area contributed by atoms with Gasteiger partial charge in [0.25, 0.3) is 0 Å². The summed E-state index contributed by atoms with van der Waals surface area (Å²) >= 11 is 0. The van der Waals surface area contributed by atoms with Gasteiger partial charge < -0.3 is 10.2 Å². The molecule has 2 N–H and O–H groups in total. The number of rotatable bonds is 4. The summed E-state index contributed by atoms with van der Waals surface area (Å²) < 4.78 is 5.29. The molecule has 0 aliphatic carbocycles. The van der Waals surface area contributed by atoms with Gasteiger partial charge in [-0.2, -0.15) is 8.88 Å². The molecule has 28 heavy (non-hydrogen) atoms. The minimum atomic E-state index is -0.650. The Kier molecular flexibility index (Phi) is 6.09. The molecule has 1 saturated heterocycles. The maximum atomic E-state index is 3.85. The Morgan fingerprint density at radius 1 is 0.643 bits per heavy atom. The molecule has 4 nitrogen and oxygen atoms in total. The summed E-state index contributed by atoms with van der Waals surface area (Å²) in [7, 11) is -1.30. The van der Waals surface area contributed by atoms with Crippen molar-refractivity contribution in [2.24, 2.45) is 0 Å². The summed E-state index contributed by atoms with van der Waals surface area (Å²) in [6.07, 6.45) is 0. The Labute approximate surface area is 173 Å². The second kappa shape index (κ2) is 7.92. The van der Waals surface area contributed by atoms with E-state index in [0.717, 1.165) is 0 Å². The third kappa shape index (κ3) is 4.69. The van der Waals surface area contributed by atoms with Gasteiger partial charge >= 0.3 is 0 Å². The molecule has 1 heterocycles. The van der Waals surface area contributed by atoms with Crippen LogP contribution >= 0.6 is 16.7 Å². The van der Waals surface area contributed by atoms with Crippen LogP contribution in [0.15, 0.2) is 48.5 Å². The SMILES string of the molecule is Cc1cccc(NP2N(C(C)(C)C)P(Nc3cccc(C)c3)N2C(C)(C)C)c1. The van der Waals surface area contributed by atoms with E-state index in [1.54, 1.807) is 0 Å². The molecule has 0 bridgehead atoms. The van der Waals surface area contributed by atoms with Crippen molar-refractivity contribution >= 4 is 28.1 Å². The van der Waals surface area contributed by atoms with E-state index < -0.39 is 16.7 Å². The highest BCUT2D eigenvalue weighted by Crippen LogP contribution is 2.79. The van der Waals surface area contributed by atoms with E-state index in [9.17, 15) is 0 Å². The van der Waals surface area contributed by atoms with Crippen molar-refractivity contribution in [2.45, 2.75) is 66.5 Å². The summed E-state index contributed by atoms with van der Waals surface area (Å²) in [5.74, 6) is 0. The van der Waals surface area contributed by atoms with Gasteiger partial charge in [0.15, 0.2) is 16.7 Å². The number of anilines is 2. The molecule has 0 saturated carbocycles. The fourth-order valence-electron chi connectivity index (χ4n) is 3.28. The van der Waals surface area contributed by atoms with Crippen molar-refractivity contribution in [1.82, 2.24) is 8.88 Å². The van der Waals surface area contributed by atoms with Gasteiger partial charge in [0.2, 0.25) is 0 Å². The van der Waals surface area contributed by atoms with Gasteiger partial charge in [0, 0.05) is 22.5 Å². The van der Waals surface area contributed by atoms with Crippen molar-refractivity contribution in [1.29, 1.82) is 0 Å². The highest BCUT2D eigenvalue weighted by Gasteiger charge is 2.57. The van der Waals surface area contributed by atoms with Gasteiger partial charge in [-0.05, 0) is 90.8 Å². The van der Waals surface area contributed by atoms with E-state index in [4.69, 9.17) is 0 Å². The maximum Gasteiger partial charge on any atom is 0.159 e. The fourth-order valence-corrected chi connectivity index (χ4v) is 9.25. The number of nitrogens with one attached hydrogen (secondary N) is 2. The molecule has 152 valence electrons. The zero-order valence-electron chi connectivity index (χ0n) is 18.4. The van der Waals surface area contributed by atoms with Crippen LogP contribution in [0.4, 0.5) is 11.4 Å². The van der Waals surface area contributed by atoms with E-state index in [-0.39, 0.29) is 11.1 Å². The number of nitrogens with zero attached hydrogens (tertiary/aromatic N) is 2. The summed E-state index contributed by atoms with van der Waals surface area (Å²) in [6, 6.07) is 17.4. The van der Waals surface area contributed by atoms with Crippen molar-refractivity contribution < 1.29 is 0 Å². The molecule has 0 amide bonds. The van der Waals surface area contributed by atoms with Gasteiger partial charge in [0.05, 0.1) is 0 Å². The summed E-state index contributed by atoms with van der Waals surface area (Å²) in [4.78, 5) is 0. The molecule has 2 aromatic carbocycles. The first kappa shape index (κ1) is 21.5. The third-order valence-electron chi connectivity index (χ3n) is 4.41. The molecule has 0 radical (unpaired) electrons. The molecule has 0 atom stereocenters. The van der Waals surface area contributed by atoms with Crippen LogP contribution < -0.4 is 10.2 Å². The number of hydrogen-bond acceptors (Lipinski definition) is 4. The first-order chi connectivity index (χ1) is 13.0. The Hall–Kier alpha value is -1.18. The Bertz CT molecular complexity index is 748. The Morgan fingerprint density at radius 2 is 1.00 bits per heavy atom. The molecule has 1 aliphatic rings. The van der Waals surface area contributed by atoms with Gasteiger partial charge in [-0.1, -0.05) is 24.3 Å². The van der Waals surface area contributed by atoms with E-state index >= 15 is 0 Å². The lowest BCUT2D eigenvalue weighted by molar-refractivity contribution is 0.286. The molecule has 6 heteroatoms. The molecule has 0 aromatic heterocycles. The summed E-state index contributed by atoms with van der Waals surface area (Å²) in [5, 5.41) is 7.70. The van der Waals surface area contributed by atoms with Crippen LogP contribution in [0.3, 0.4) is 0 Å². The lowest BCUT2D eigenvalue weighted by Gasteiger charge is -2.64. The van der Waals surface area contributed by atoms with E-state index in [0.29, 0.717) is 0 Å². The summed E-state index contributed by atoms with van der Waals surface area (Å²) in [6.45, 7) is 18.2. The minimum absolute atomic E-state index is 0.0623. The van der Waals surface area contributed by atoms with Gasteiger partial charge in [-0.3, -0.25) is 0 Å². The quantitative estimate of drug-likeness (QED) is 0.505. The van der Waals surface area contributed by atoms with E-state index in [1.165, 1.54) is 22.5 Å². The van der Waals surface area contributed by atoms with Crippen molar-refractivity contribution in [3.8, 4) is 0 Å². The zero-order valence-corrected chi connectivity index (χ0v) is 20.2. The van der Waals surface area contributed by atoms with Crippen molar-refractivity contribution in [3.63, 3.8) is 0 Å². The molecular formula is C22H34N4P2. The van der Waals surface area contributed by atoms with Crippen LogP contribution in [0.5, 0.6) is 0 Å². The highest BCUT2D eigenvalue weighted by molar-refractivity contribution is 7.84. The zero-order chi connectivity index (χ0) is 20.7. The molecule has 1 fully saturated rings. The molecule has 1 aliphatic heterocycles. The van der Waals surface area contributed by atoms with Crippen LogP contribution in [0.2, 0.25) is 0 Å². The molecule has 0 unspecified atom stereocenters. The second-order valence-electron chi connectivity index (χ2n) is 9.46. The first-order valence-electron chi connectivity index (χ1n) is 9.84. The summed E-state index contributed by atoms with van der Waals surface area (Å²) in [5.41, 5.74) is 5.08. The average molecular weight is 416 g/mol. The van der Waals surface area contributed by atoms with Crippen molar-refractivity contribution in [2.75, 3.05) is 10.2 Å². The van der Waals surface area contributed by atoms with E-state index in [2.05, 4.69) is 123 Å². The molecule has 2 aromatic rings. The molecule has 0 spiro atoms. The molecular weight excluding hydrogens is 382 g/mol. The monoisotopic (exact) mass is 416 g/mol. The predicted molar refractivity (Wildman–Crippen MR) is 127 cm³/mol. The topological polar surface area (TPSA) is 30.5 Å². The number of hydrogen-bond donors (Lipinski definition) is 2. The lowest BCUT2D eigenvalue weighted by Crippen LogP contribution is -2.55. The van der Waals surface area contributed by atoms with Crippen molar-refractivity contribution in [3.05, 3.63) is 59.7 Å². The average Bonchev–Trinajstić information content (AvgIpc) is 2.50. The largest absolute Gasteiger partial charge is 0.339 e. The van der Waals surface area contributed by atoms with Gasteiger partial charge in [-0.15, -0.1) is 0 Å². The van der Waals surface area contributed by atoms with Crippen LogP contribution in [0.1, 0.15) is 52.7 Å². The standard InChI is InChI=1S/C22H34N4P2/c1-17-11-9-13-19(15-17)23-27-25(21(3,4)5)28(26(27)22(6,7)8)24-20-14-10-12-18(2)16-20/h9-16,23-24H,1-8H3. The number of aryl methyl sites for hydroxylation is 2. The van der Waals surface area contributed by atoms with Crippen LogP contribution in [-0.2, 0) is 0 Å². The normalized spacial score (nSPS) is 21.3. The second-order valence-corrected chi connectivity index (χ2v) is 13.3. The Balaban J connectivity index is 1.93. The maximum absolute atomic E-state index is 3.85. The fraction of sp³-hybridized carbons (Fsp3) is 0.455. The minimum Gasteiger partial charge on any atom is -0.339 e. The van der Waals surface area contributed by atoms with Crippen LogP contribution in [0, 0.1) is 13.8 Å². The smallest absolute Gasteiger partial charge is 0.159 e. The lowest BCUT2D eigenvalue weighted by atomic mass is 10.1. The highest BCUT2D eigenvalue weighted by atomic mass is 31.3. The number of benzene rings is 2. The third-order valence-corrected chi connectivity index (χ3v) is 11.2. The Morgan fingerprint density at radius 3 is 1.29 bits per heavy atom.